The molecular formula is C19H18F3N3O3S. The van der Waals surface area contributed by atoms with Crippen molar-refractivity contribution in [2.45, 2.75) is 24.9 Å². The number of methoxy groups -OCH3 is 1. The molecule has 3 rings (SSSR count). The fourth-order valence-corrected chi connectivity index (χ4v) is 3.97. The van der Waals surface area contributed by atoms with E-state index >= 15 is 0 Å². The van der Waals surface area contributed by atoms with Gasteiger partial charge in [0.2, 0.25) is 0 Å². The van der Waals surface area contributed by atoms with Crippen molar-refractivity contribution in [3.63, 3.8) is 0 Å². The van der Waals surface area contributed by atoms with Crippen LogP contribution in [0.2, 0.25) is 0 Å². The molecule has 0 atom stereocenters. The lowest BCUT2D eigenvalue weighted by molar-refractivity contribution is -0.141. The van der Waals surface area contributed by atoms with E-state index in [4.69, 9.17) is 4.74 Å². The number of alkyl halides is 3. The Hall–Kier alpha value is -3.01. The Morgan fingerprint density at radius 3 is 2.14 bits per heavy atom. The van der Waals surface area contributed by atoms with Gasteiger partial charge in [-0.3, -0.25) is 0 Å². The fourth-order valence-electron chi connectivity index (χ4n) is 2.98. The summed E-state index contributed by atoms with van der Waals surface area (Å²) in [5, 5.41) is 3.44. The Morgan fingerprint density at radius 1 is 1.03 bits per heavy atom. The summed E-state index contributed by atoms with van der Waals surface area (Å²) in [6, 6.07) is 11.3. The fraction of sp³-hybridized carbons (Fsp3) is 0.211. The zero-order valence-corrected chi connectivity index (χ0v) is 16.6. The number of rotatable bonds is 5. The molecule has 154 valence electrons. The minimum atomic E-state index is -4.74. The Balaban J connectivity index is 2.14. The lowest BCUT2D eigenvalue weighted by Crippen LogP contribution is -2.25. The summed E-state index contributed by atoms with van der Waals surface area (Å²) in [5.41, 5.74) is 0.476. The molecule has 1 heterocycles. The van der Waals surface area contributed by atoms with E-state index < -0.39 is 21.9 Å². The second-order valence-electron chi connectivity index (χ2n) is 6.38. The highest BCUT2D eigenvalue weighted by Gasteiger charge is 2.36. The van der Waals surface area contributed by atoms with Crippen molar-refractivity contribution in [3.05, 3.63) is 65.4 Å². The topological polar surface area (TPSA) is 73.2 Å². The molecule has 0 spiro atoms. The molecular weight excluding hydrogens is 407 g/mol. The Bertz CT molecular complexity index is 1120. The van der Waals surface area contributed by atoms with Crippen molar-refractivity contribution in [2.24, 2.45) is 0 Å². The van der Waals surface area contributed by atoms with Crippen molar-refractivity contribution in [2.75, 3.05) is 11.9 Å². The van der Waals surface area contributed by atoms with Crippen LogP contribution in [0.25, 0.3) is 11.3 Å². The van der Waals surface area contributed by atoms with Crippen LogP contribution in [0, 0.1) is 13.8 Å². The summed E-state index contributed by atoms with van der Waals surface area (Å²) < 4.78 is 70.3. The number of halogens is 3. The molecule has 10 heteroatoms. The highest BCUT2D eigenvalue weighted by atomic mass is 32.2. The van der Waals surface area contributed by atoms with Gasteiger partial charge in [0, 0.05) is 5.56 Å². The molecule has 2 aromatic carbocycles. The van der Waals surface area contributed by atoms with E-state index in [-0.39, 0.29) is 10.6 Å². The monoisotopic (exact) mass is 425 g/mol. The summed E-state index contributed by atoms with van der Waals surface area (Å²) in [5.74, 6) is 0.598. The molecule has 0 unspecified atom stereocenters. The largest absolute Gasteiger partial charge is 0.496 e. The van der Waals surface area contributed by atoms with Crippen molar-refractivity contribution in [3.8, 4) is 17.0 Å². The summed E-state index contributed by atoms with van der Waals surface area (Å²) in [4.78, 5) is 2.64. The van der Waals surface area contributed by atoms with Crippen LogP contribution in [-0.2, 0) is 16.2 Å². The van der Waals surface area contributed by atoms with Gasteiger partial charge in [-0.15, -0.1) is 5.10 Å². The molecule has 0 radical (unpaired) electrons. The zero-order valence-electron chi connectivity index (χ0n) is 15.8. The second kappa shape index (κ2) is 7.43. The third-order valence-corrected chi connectivity index (χ3v) is 5.53. The first-order chi connectivity index (χ1) is 13.5. The van der Waals surface area contributed by atoms with E-state index in [2.05, 4.69) is 9.93 Å². The maximum atomic E-state index is 13.3. The molecule has 1 aromatic heterocycles. The van der Waals surface area contributed by atoms with Gasteiger partial charge in [-0.05, 0) is 55.3 Å². The number of aryl methyl sites for hydroxylation is 2. The molecule has 0 aliphatic heterocycles. The number of hydrogen-bond acceptors (Lipinski definition) is 4. The van der Waals surface area contributed by atoms with Crippen LogP contribution in [0.4, 0.5) is 13.2 Å². The van der Waals surface area contributed by atoms with Crippen molar-refractivity contribution < 1.29 is 26.3 Å². The van der Waals surface area contributed by atoms with Crippen LogP contribution >= 0.6 is 0 Å². The molecule has 0 aliphatic carbocycles. The minimum Gasteiger partial charge on any atom is -0.496 e. The number of aromatic nitrogens is 2. The van der Waals surface area contributed by atoms with Crippen LogP contribution < -0.4 is 9.57 Å². The zero-order chi connectivity index (χ0) is 21.4. The molecule has 0 bridgehead atoms. The number of nitrogens with one attached hydrogen (secondary N) is 1. The van der Waals surface area contributed by atoms with Gasteiger partial charge in [-0.1, -0.05) is 18.2 Å². The Kier molecular flexibility index (Phi) is 5.31. The number of nitrogens with zero attached hydrogens (tertiary/aromatic N) is 2. The van der Waals surface area contributed by atoms with Gasteiger partial charge in [0.1, 0.15) is 5.75 Å². The first kappa shape index (κ1) is 20.7. The normalized spacial score (nSPS) is 12.1. The number of benzene rings is 2. The first-order valence-electron chi connectivity index (χ1n) is 8.43. The van der Waals surface area contributed by atoms with Gasteiger partial charge in [0.05, 0.1) is 17.7 Å². The number of sulfonamides is 1. The number of ether oxygens (including phenoxy) is 1. The quantitative estimate of drug-likeness (QED) is 0.667. The summed E-state index contributed by atoms with van der Waals surface area (Å²) >= 11 is 0. The smallest absolute Gasteiger partial charge is 0.435 e. The second-order valence-corrected chi connectivity index (χ2v) is 8.04. The first-order valence-corrected chi connectivity index (χ1v) is 9.92. The number of hydrogen-bond donors (Lipinski definition) is 1. The van der Waals surface area contributed by atoms with E-state index in [0.717, 1.165) is 6.07 Å². The van der Waals surface area contributed by atoms with Gasteiger partial charge in [-0.25, -0.2) is 0 Å². The van der Waals surface area contributed by atoms with E-state index in [0.29, 0.717) is 27.2 Å². The molecule has 29 heavy (non-hydrogen) atoms. The highest BCUT2D eigenvalue weighted by molar-refractivity contribution is 7.92. The van der Waals surface area contributed by atoms with Crippen LogP contribution in [0.3, 0.4) is 0 Å². The molecule has 0 aliphatic rings. The van der Waals surface area contributed by atoms with Gasteiger partial charge in [0.25, 0.3) is 10.0 Å². The maximum Gasteiger partial charge on any atom is 0.435 e. The third-order valence-electron chi connectivity index (χ3n) is 4.22. The summed E-state index contributed by atoms with van der Waals surface area (Å²) in [6.07, 6.45) is -4.74. The molecule has 3 aromatic rings. The van der Waals surface area contributed by atoms with E-state index in [1.165, 1.54) is 31.4 Å². The third kappa shape index (κ3) is 4.21. The van der Waals surface area contributed by atoms with Crippen molar-refractivity contribution in [1.29, 1.82) is 0 Å². The van der Waals surface area contributed by atoms with Crippen LogP contribution in [0.1, 0.15) is 16.8 Å². The predicted octanol–water partition coefficient (Wildman–Crippen LogP) is 4.13. The maximum absolute atomic E-state index is 13.3. The average Bonchev–Trinajstić information content (AvgIpc) is 3.06. The van der Waals surface area contributed by atoms with E-state index in [9.17, 15) is 21.6 Å². The molecule has 6 nitrogen and oxygen atoms in total. The lowest BCUT2D eigenvalue weighted by Gasteiger charge is -2.14. The molecule has 0 fully saturated rings. The Morgan fingerprint density at radius 2 is 1.62 bits per heavy atom. The van der Waals surface area contributed by atoms with Gasteiger partial charge >= 0.3 is 6.18 Å². The molecule has 0 saturated heterocycles. The van der Waals surface area contributed by atoms with E-state index in [1.54, 1.807) is 32.0 Å². The van der Waals surface area contributed by atoms with Crippen molar-refractivity contribution >= 4 is 10.0 Å². The van der Waals surface area contributed by atoms with Gasteiger partial charge in [-0.2, -0.15) is 31.2 Å². The average molecular weight is 425 g/mol. The Labute approximate surface area is 166 Å². The summed E-state index contributed by atoms with van der Waals surface area (Å²) in [6.45, 7) is 3.49. The van der Waals surface area contributed by atoms with Crippen molar-refractivity contribution in [1.82, 2.24) is 9.89 Å². The van der Waals surface area contributed by atoms with Crippen LogP contribution in [0.5, 0.6) is 5.75 Å². The predicted molar refractivity (Wildman–Crippen MR) is 102 cm³/mol. The van der Waals surface area contributed by atoms with E-state index in [1.807, 2.05) is 0 Å². The lowest BCUT2D eigenvalue weighted by atomic mass is 10.0. The SMILES string of the molecule is COc1c(C)cc(-c2cc(C(F)(F)F)nn2NS(=O)(=O)c2ccccc2)cc1C. The summed E-state index contributed by atoms with van der Waals surface area (Å²) in [7, 11) is -2.66. The minimum absolute atomic E-state index is 0.0503. The molecule has 0 amide bonds. The standard InChI is InChI=1S/C19H18F3N3O3S/c1-12-9-14(10-13(2)18(12)28-3)16-11-17(19(20,21)22)23-25(16)24-29(26,27)15-7-5-4-6-8-15/h4-11,24H,1-3H3. The van der Waals surface area contributed by atoms with Gasteiger partial charge in [0.15, 0.2) is 5.69 Å². The highest BCUT2D eigenvalue weighted by Crippen LogP contribution is 2.34. The van der Waals surface area contributed by atoms with Crippen LogP contribution in [-0.4, -0.2) is 25.4 Å². The van der Waals surface area contributed by atoms with Crippen LogP contribution in [0.15, 0.2) is 53.4 Å². The molecule has 0 saturated carbocycles. The molecule has 1 N–H and O–H groups in total. The van der Waals surface area contributed by atoms with Gasteiger partial charge < -0.3 is 4.74 Å².